The van der Waals surface area contributed by atoms with E-state index < -0.39 is 0 Å². The molecular weight excluding hydrogens is 214 g/mol. The Morgan fingerprint density at radius 2 is 1.82 bits per heavy atom. The van der Waals surface area contributed by atoms with Crippen LogP contribution in [0, 0.1) is 11.8 Å². The van der Waals surface area contributed by atoms with Crippen LogP contribution in [0.25, 0.3) is 0 Å². The van der Waals surface area contributed by atoms with Crippen molar-refractivity contribution in [2.45, 2.75) is 13.8 Å². The number of hydrogen-bond donors (Lipinski definition) is 1. The van der Waals surface area contributed by atoms with Crippen LogP contribution < -0.4 is 5.32 Å². The molecule has 0 heterocycles. The van der Waals surface area contributed by atoms with Crippen LogP contribution in [0.15, 0.2) is 43.0 Å². The van der Waals surface area contributed by atoms with E-state index in [2.05, 4.69) is 11.9 Å². The van der Waals surface area contributed by atoms with Gasteiger partial charge in [0.25, 0.3) is 5.91 Å². The third kappa shape index (κ3) is 3.55. The third-order valence-corrected chi connectivity index (χ3v) is 2.85. The molecule has 0 aliphatic rings. The van der Waals surface area contributed by atoms with Gasteiger partial charge in [-0.25, -0.2) is 0 Å². The van der Waals surface area contributed by atoms with Crippen molar-refractivity contribution in [3.63, 3.8) is 0 Å². The van der Waals surface area contributed by atoms with E-state index in [1.807, 2.05) is 13.0 Å². The summed E-state index contributed by atoms with van der Waals surface area (Å²) in [6.45, 7) is 7.31. The first-order chi connectivity index (χ1) is 8.06. The Morgan fingerprint density at radius 3 is 2.35 bits per heavy atom. The molecule has 1 aromatic carbocycles. The summed E-state index contributed by atoms with van der Waals surface area (Å²) in [6.07, 6.45) is 1.71. The van der Waals surface area contributed by atoms with Gasteiger partial charge < -0.3 is 0 Å². The first-order valence-corrected chi connectivity index (χ1v) is 5.59. The molecule has 3 heteroatoms. The molecule has 2 amide bonds. The molecule has 1 N–H and O–H groups in total. The second-order valence-electron chi connectivity index (χ2n) is 4.07. The number of carbonyl (C=O) groups excluding carboxylic acids is 2. The summed E-state index contributed by atoms with van der Waals surface area (Å²) in [6, 6.07) is 8.68. The largest absolute Gasteiger partial charge is 0.292 e. The van der Waals surface area contributed by atoms with E-state index in [0.717, 1.165) is 0 Å². The van der Waals surface area contributed by atoms with E-state index in [1.165, 1.54) is 0 Å². The number of hydrogen-bond acceptors (Lipinski definition) is 2. The summed E-state index contributed by atoms with van der Waals surface area (Å²) in [7, 11) is 0. The van der Waals surface area contributed by atoms with Crippen LogP contribution in [-0.4, -0.2) is 11.8 Å². The molecule has 0 fully saturated rings. The Labute approximate surface area is 102 Å². The zero-order chi connectivity index (χ0) is 12.8. The van der Waals surface area contributed by atoms with Crippen LogP contribution >= 0.6 is 0 Å². The molecule has 0 saturated carbocycles. The highest BCUT2D eigenvalue weighted by atomic mass is 16.2. The third-order valence-electron chi connectivity index (χ3n) is 2.85. The number of allylic oxidation sites excluding steroid dienone is 1. The normalized spacial score (nSPS) is 13.5. The van der Waals surface area contributed by atoms with Crippen molar-refractivity contribution in [1.82, 2.24) is 5.32 Å². The lowest BCUT2D eigenvalue weighted by Gasteiger charge is -2.15. The topological polar surface area (TPSA) is 46.2 Å². The van der Waals surface area contributed by atoms with Gasteiger partial charge in [0.2, 0.25) is 5.91 Å². The summed E-state index contributed by atoms with van der Waals surface area (Å²) in [4.78, 5) is 23.5. The minimum atomic E-state index is -0.362. The quantitative estimate of drug-likeness (QED) is 0.809. The molecule has 1 rings (SSSR count). The lowest BCUT2D eigenvalue weighted by atomic mass is 9.95. The minimum absolute atomic E-state index is 0.0403. The van der Waals surface area contributed by atoms with Gasteiger partial charge in [-0.3, -0.25) is 14.9 Å². The monoisotopic (exact) mass is 231 g/mol. The molecule has 3 nitrogen and oxygen atoms in total. The van der Waals surface area contributed by atoms with Crippen LogP contribution in [0.3, 0.4) is 0 Å². The van der Waals surface area contributed by atoms with Gasteiger partial charge in [-0.2, -0.15) is 0 Å². The number of nitrogens with one attached hydrogen (secondary N) is 1. The van der Waals surface area contributed by atoms with Crippen molar-refractivity contribution in [3.8, 4) is 0 Å². The second-order valence-corrected chi connectivity index (χ2v) is 4.07. The van der Waals surface area contributed by atoms with Crippen LogP contribution in [0.2, 0.25) is 0 Å². The molecule has 2 unspecified atom stereocenters. The fourth-order valence-electron chi connectivity index (χ4n) is 1.33. The molecule has 90 valence electrons. The summed E-state index contributed by atoms with van der Waals surface area (Å²) >= 11 is 0. The predicted octanol–water partition coefficient (Wildman–Crippen LogP) is 2.40. The van der Waals surface area contributed by atoms with Gasteiger partial charge in [0.1, 0.15) is 0 Å². The van der Waals surface area contributed by atoms with Gasteiger partial charge in [-0.05, 0) is 18.1 Å². The van der Waals surface area contributed by atoms with Gasteiger partial charge in [-0.1, -0.05) is 38.1 Å². The van der Waals surface area contributed by atoms with Gasteiger partial charge in [-0.15, -0.1) is 6.58 Å². The minimum Gasteiger partial charge on any atom is -0.292 e. The number of rotatable bonds is 4. The highest BCUT2D eigenvalue weighted by molar-refractivity contribution is 6.05. The van der Waals surface area contributed by atoms with E-state index in [9.17, 15) is 9.59 Å². The zero-order valence-corrected chi connectivity index (χ0v) is 10.1. The molecule has 0 bridgehead atoms. The van der Waals surface area contributed by atoms with Crippen molar-refractivity contribution in [3.05, 3.63) is 48.6 Å². The maximum atomic E-state index is 11.7. The molecule has 17 heavy (non-hydrogen) atoms. The van der Waals surface area contributed by atoms with E-state index in [4.69, 9.17) is 0 Å². The van der Waals surface area contributed by atoms with Gasteiger partial charge in [0.15, 0.2) is 0 Å². The number of imide groups is 1. The van der Waals surface area contributed by atoms with Crippen LogP contribution in [0.1, 0.15) is 24.2 Å². The van der Waals surface area contributed by atoms with Gasteiger partial charge in [0.05, 0.1) is 0 Å². The number of amides is 2. The molecule has 2 atom stereocenters. The van der Waals surface area contributed by atoms with Crippen LogP contribution in [0.4, 0.5) is 0 Å². The molecular formula is C14H17NO2. The Bertz CT molecular complexity index is 411. The first kappa shape index (κ1) is 13.2. The first-order valence-electron chi connectivity index (χ1n) is 5.59. The van der Waals surface area contributed by atoms with Gasteiger partial charge in [0, 0.05) is 11.5 Å². The molecule has 0 saturated heterocycles. The molecule has 0 aliphatic carbocycles. The van der Waals surface area contributed by atoms with Crippen molar-refractivity contribution >= 4 is 11.8 Å². The fraction of sp³-hybridized carbons (Fsp3) is 0.286. The highest BCUT2D eigenvalue weighted by Crippen LogP contribution is 2.11. The fourth-order valence-corrected chi connectivity index (χ4v) is 1.33. The summed E-state index contributed by atoms with van der Waals surface area (Å²) in [5, 5.41) is 2.39. The lowest BCUT2D eigenvalue weighted by Crippen LogP contribution is -2.36. The Hall–Kier alpha value is -1.90. The molecule has 1 aromatic rings. The Morgan fingerprint density at radius 1 is 1.24 bits per heavy atom. The second kappa shape index (κ2) is 5.99. The van der Waals surface area contributed by atoms with Crippen molar-refractivity contribution < 1.29 is 9.59 Å². The Balaban J connectivity index is 2.64. The van der Waals surface area contributed by atoms with E-state index >= 15 is 0 Å². The smallest absolute Gasteiger partial charge is 0.257 e. The molecule has 0 aliphatic heterocycles. The van der Waals surface area contributed by atoms with Crippen LogP contribution in [-0.2, 0) is 4.79 Å². The van der Waals surface area contributed by atoms with E-state index in [0.29, 0.717) is 5.56 Å². The maximum absolute atomic E-state index is 11.7. The van der Waals surface area contributed by atoms with Gasteiger partial charge >= 0.3 is 0 Å². The standard InChI is InChI=1S/C14H17NO2/c1-4-10(2)11(3)13(16)15-14(17)12-8-6-5-7-9-12/h4-11H,1H2,2-3H3,(H,15,16,17). The summed E-state index contributed by atoms with van der Waals surface area (Å²) in [5.74, 6) is -0.858. The number of carbonyl (C=O) groups is 2. The maximum Gasteiger partial charge on any atom is 0.257 e. The summed E-state index contributed by atoms with van der Waals surface area (Å²) < 4.78 is 0. The Kier molecular flexibility index (Phi) is 4.64. The van der Waals surface area contributed by atoms with E-state index in [-0.39, 0.29) is 23.7 Å². The van der Waals surface area contributed by atoms with E-state index in [1.54, 1.807) is 37.3 Å². The van der Waals surface area contributed by atoms with Crippen LogP contribution in [0.5, 0.6) is 0 Å². The van der Waals surface area contributed by atoms with Crippen molar-refractivity contribution in [2.75, 3.05) is 0 Å². The SMILES string of the molecule is C=CC(C)C(C)C(=O)NC(=O)c1ccccc1. The molecule has 0 aromatic heterocycles. The average molecular weight is 231 g/mol. The molecule has 0 spiro atoms. The zero-order valence-electron chi connectivity index (χ0n) is 10.1. The lowest BCUT2D eigenvalue weighted by molar-refractivity contribution is -0.124. The van der Waals surface area contributed by atoms with Crippen molar-refractivity contribution in [1.29, 1.82) is 0 Å². The van der Waals surface area contributed by atoms with Crippen molar-refractivity contribution in [2.24, 2.45) is 11.8 Å². The molecule has 0 radical (unpaired) electrons. The highest BCUT2D eigenvalue weighted by Gasteiger charge is 2.20. The average Bonchev–Trinajstić information content (AvgIpc) is 2.37. The predicted molar refractivity (Wildman–Crippen MR) is 67.4 cm³/mol. The summed E-state index contributed by atoms with van der Waals surface area (Å²) in [5.41, 5.74) is 0.485. The number of benzene rings is 1.